The second-order valence-electron chi connectivity index (χ2n) is 6.93. The van der Waals surface area contributed by atoms with Crippen LogP contribution in [0.25, 0.3) is 0 Å². The minimum Gasteiger partial charge on any atom is -0.480 e. The molecule has 0 bridgehead atoms. The molecule has 12 heteroatoms. The third-order valence-corrected chi connectivity index (χ3v) is 4.57. The van der Waals surface area contributed by atoms with Crippen LogP contribution in [0.15, 0.2) is 0 Å². The maximum atomic E-state index is 12.7. The molecular weight excluding hydrogens is 402 g/mol. The molecule has 0 saturated heterocycles. The Balaban J connectivity index is 5.31. The molecule has 0 aromatic carbocycles. The summed E-state index contributed by atoms with van der Waals surface area (Å²) in [6, 6.07) is -4.31. The van der Waals surface area contributed by atoms with E-state index in [-0.39, 0.29) is 0 Å². The van der Waals surface area contributed by atoms with Crippen LogP contribution in [0, 0.1) is 5.92 Å². The number of carboxylic acid groups (broad SMARTS) is 1. The van der Waals surface area contributed by atoms with Crippen molar-refractivity contribution in [1.29, 1.82) is 0 Å². The average Bonchev–Trinajstić information content (AvgIpc) is 2.60. The van der Waals surface area contributed by atoms with Gasteiger partial charge in [-0.1, -0.05) is 13.8 Å². The molecule has 0 aromatic rings. The number of primary amides is 1. The first-order chi connectivity index (χ1) is 13.4. The van der Waals surface area contributed by atoms with Gasteiger partial charge in [0.25, 0.3) is 0 Å². The minimum atomic E-state index is -1.51. The van der Waals surface area contributed by atoms with Gasteiger partial charge in [0.05, 0.1) is 12.5 Å². The zero-order valence-electron chi connectivity index (χ0n) is 17.1. The fourth-order valence-electron chi connectivity index (χ4n) is 2.26. The first kappa shape index (κ1) is 26.7. The van der Waals surface area contributed by atoms with E-state index in [2.05, 4.69) is 16.0 Å². The Morgan fingerprint density at radius 1 is 0.931 bits per heavy atom. The lowest BCUT2D eigenvalue weighted by molar-refractivity contribution is -0.144. The summed E-state index contributed by atoms with van der Waals surface area (Å²) in [4.78, 5) is 59.3. The number of nitrogens with two attached hydrogens (primary N) is 2. The van der Waals surface area contributed by atoms with E-state index in [1.54, 1.807) is 13.8 Å². The smallest absolute Gasteiger partial charge is 0.326 e. The maximum absolute atomic E-state index is 12.7. The van der Waals surface area contributed by atoms with Crippen molar-refractivity contribution in [2.75, 3.05) is 12.0 Å². The van der Waals surface area contributed by atoms with Gasteiger partial charge in [0.15, 0.2) is 0 Å². The van der Waals surface area contributed by atoms with Crippen LogP contribution in [-0.4, -0.2) is 70.9 Å². The van der Waals surface area contributed by atoms with Gasteiger partial charge in [0, 0.05) is 0 Å². The summed E-state index contributed by atoms with van der Waals surface area (Å²) < 4.78 is 0. The maximum Gasteiger partial charge on any atom is 0.326 e. The molecule has 0 radical (unpaired) electrons. The second kappa shape index (κ2) is 13.0. The van der Waals surface area contributed by atoms with Crippen molar-refractivity contribution >= 4 is 41.4 Å². The SMILES string of the molecule is CSCCC(NC(=O)C(C)N)C(=O)NC(C(=O)NC(CC(N)=O)C(=O)O)C(C)C. The quantitative estimate of drug-likeness (QED) is 0.195. The molecule has 4 unspecified atom stereocenters. The number of thioether (sulfide) groups is 1. The van der Waals surface area contributed by atoms with E-state index in [0.29, 0.717) is 12.2 Å². The lowest BCUT2D eigenvalue weighted by Gasteiger charge is -2.26. The van der Waals surface area contributed by atoms with Gasteiger partial charge in [0.2, 0.25) is 23.6 Å². The van der Waals surface area contributed by atoms with Crippen LogP contribution in [0.4, 0.5) is 0 Å². The molecule has 0 rings (SSSR count). The van der Waals surface area contributed by atoms with Gasteiger partial charge in [-0.3, -0.25) is 19.2 Å². The molecule has 0 saturated carbocycles. The third kappa shape index (κ3) is 10.1. The van der Waals surface area contributed by atoms with Crippen LogP contribution in [0.5, 0.6) is 0 Å². The van der Waals surface area contributed by atoms with Gasteiger partial charge in [-0.15, -0.1) is 0 Å². The average molecular weight is 434 g/mol. The highest BCUT2D eigenvalue weighted by Gasteiger charge is 2.31. The highest BCUT2D eigenvalue weighted by molar-refractivity contribution is 7.98. The molecule has 166 valence electrons. The number of aliphatic carboxylic acids is 1. The molecule has 0 fully saturated rings. The van der Waals surface area contributed by atoms with E-state index in [9.17, 15) is 24.0 Å². The molecule has 0 aliphatic carbocycles. The van der Waals surface area contributed by atoms with E-state index in [0.717, 1.165) is 0 Å². The highest BCUT2D eigenvalue weighted by atomic mass is 32.2. The number of rotatable bonds is 13. The van der Waals surface area contributed by atoms with Crippen molar-refractivity contribution < 1.29 is 29.1 Å². The first-order valence-electron chi connectivity index (χ1n) is 9.07. The first-order valence-corrected chi connectivity index (χ1v) is 10.5. The van der Waals surface area contributed by atoms with Crippen molar-refractivity contribution in [2.45, 2.75) is 57.8 Å². The van der Waals surface area contributed by atoms with Crippen molar-refractivity contribution in [3.63, 3.8) is 0 Å². The molecule has 0 aliphatic rings. The van der Waals surface area contributed by atoms with Crippen LogP contribution in [0.1, 0.15) is 33.6 Å². The van der Waals surface area contributed by atoms with Crippen LogP contribution >= 0.6 is 11.8 Å². The van der Waals surface area contributed by atoms with E-state index < -0.39 is 66.1 Å². The fourth-order valence-corrected chi connectivity index (χ4v) is 2.73. The highest BCUT2D eigenvalue weighted by Crippen LogP contribution is 2.07. The van der Waals surface area contributed by atoms with Crippen LogP contribution < -0.4 is 27.4 Å². The van der Waals surface area contributed by atoms with Crippen LogP contribution in [0.2, 0.25) is 0 Å². The van der Waals surface area contributed by atoms with E-state index in [1.807, 2.05) is 6.26 Å². The Hall–Kier alpha value is -2.34. The number of carboxylic acids is 1. The Bertz CT molecular complexity index is 613. The Morgan fingerprint density at radius 2 is 1.48 bits per heavy atom. The number of amides is 4. The largest absolute Gasteiger partial charge is 0.480 e. The monoisotopic (exact) mass is 433 g/mol. The summed E-state index contributed by atoms with van der Waals surface area (Å²) in [6.45, 7) is 4.80. The van der Waals surface area contributed by atoms with Crippen molar-refractivity contribution in [3.8, 4) is 0 Å². The van der Waals surface area contributed by atoms with Gasteiger partial charge in [0.1, 0.15) is 18.1 Å². The number of hydrogen-bond acceptors (Lipinski definition) is 7. The predicted molar refractivity (Wildman–Crippen MR) is 109 cm³/mol. The van der Waals surface area contributed by atoms with Crippen molar-refractivity contribution in [1.82, 2.24) is 16.0 Å². The molecule has 0 aromatic heterocycles. The van der Waals surface area contributed by atoms with Crippen molar-refractivity contribution in [2.24, 2.45) is 17.4 Å². The summed E-state index contributed by atoms with van der Waals surface area (Å²) in [7, 11) is 0. The van der Waals surface area contributed by atoms with Gasteiger partial charge in [-0.25, -0.2) is 4.79 Å². The zero-order valence-corrected chi connectivity index (χ0v) is 17.9. The molecule has 11 nitrogen and oxygen atoms in total. The van der Waals surface area contributed by atoms with E-state index in [1.165, 1.54) is 18.7 Å². The number of hydrogen-bond donors (Lipinski definition) is 6. The Kier molecular flexibility index (Phi) is 11.9. The standard InChI is InChI=1S/C17H31N5O6S/c1-8(2)13(16(26)21-11(17(27)28)7-12(19)23)22-15(25)10(5-6-29-4)20-14(24)9(3)18/h8-11,13H,5-7,18H2,1-4H3,(H2,19,23)(H,20,24)(H,21,26)(H,22,25)(H,27,28). The zero-order chi connectivity index (χ0) is 22.7. The molecule has 4 amide bonds. The number of carbonyl (C=O) groups excluding carboxylic acids is 4. The summed E-state index contributed by atoms with van der Waals surface area (Å²) >= 11 is 1.48. The molecule has 0 spiro atoms. The molecule has 4 atom stereocenters. The molecule has 8 N–H and O–H groups in total. The van der Waals surface area contributed by atoms with Gasteiger partial charge >= 0.3 is 5.97 Å². The number of carbonyl (C=O) groups is 5. The summed E-state index contributed by atoms with van der Waals surface area (Å²) in [5.41, 5.74) is 10.5. The Labute approximate surface area is 174 Å². The summed E-state index contributed by atoms with van der Waals surface area (Å²) in [6.07, 6.45) is 1.58. The predicted octanol–water partition coefficient (Wildman–Crippen LogP) is -1.84. The second-order valence-corrected chi connectivity index (χ2v) is 7.92. The minimum absolute atomic E-state index is 0.317. The third-order valence-electron chi connectivity index (χ3n) is 3.92. The normalized spacial score (nSPS) is 15.0. The Morgan fingerprint density at radius 3 is 1.90 bits per heavy atom. The molecular formula is C17H31N5O6S. The lowest BCUT2D eigenvalue weighted by Crippen LogP contribution is -2.58. The summed E-state index contributed by atoms with van der Waals surface area (Å²) in [5, 5.41) is 16.4. The number of nitrogens with one attached hydrogen (secondary N) is 3. The van der Waals surface area contributed by atoms with Gasteiger partial charge in [-0.05, 0) is 31.3 Å². The van der Waals surface area contributed by atoms with Gasteiger partial charge in [-0.2, -0.15) is 11.8 Å². The van der Waals surface area contributed by atoms with Crippen LogP contribution in [0.3, 0.4) is 0 Å². The van der Waals surface area contributed by atoms with Crippen LogP contribution in [-0.2, 0) is 24.0 Å². The van der Waals surface area contributed by atoms with E-state index >= 15 is 0 Å². The lowest BCUT2D eigenvalue weighted by atomic mass is 10.0. The van der Waals surface area contributed by atoms with E-state index in [4.69, 9.17) is 16.6 Å². The van der Waals surface area contributed by atoms with Crippen molar-refractivity contribution in [3.05, 3.63) is 0 Å². The molecule has 0 heterocycles. The molecule has 0 aliphatic heterocycles. The fraction of sp³-hybridized carbons (Fsp3) is 0.706. The summed E-state index contributed by atoms with van der Waals surface area (Å²) in [5.74, 6) is -4.01. The molecule has 29 heavy (non-hydrogen) atoms. The van der Waals surface area contributed by atoms with Gasteiger partial charge < -0.3 is 32.5 Å². The topological polar surface area (TPSA) is 194 Å².